The Hall–Kier alpha value is -2.14. The minimum Gasteiger partial charge on any atom is -0.507 e. The van der Waals surface area contributed by atoms with Gasteiger partial charge in [0.05, 0.1) is 7.11 Å². The number of methoxy groups -OCH3 is 1. The molecule has 2 N–H and O–H groups in total. The SMILES string of the molecule is COc1ccc([C@H]2NN=C(c3ccccc3)S2)c(O)c1. The third-order valence-electron chi connectivity index (χ3n) is 3.05. The van der Waals surface area contributed by atoms with Crippen LogP contribution in [0.1, 0.15) is 16.5 Å². The van der Waals surface area contributed by atoms with Crippen molar-refractivity contribution < 1.29 is 9.84 Å². The van der Waals surface area contributed by atoms with Crippen molar-refractivity contribution in [3.8, 4) is 11.5 Å². The monoisotopic (exact) mass is 286 g/mol. The maximum atomic E-state index is 10.1. The van der Waals surface area contributed by atoms with Gasteiger partial charge in [0.25, 0.3) is 0 Å². The van der Waals surface area contributed by atoms with E-state index < -0.39 is 0 Å². The highest BCUT2D eigenvalue weighted by Gasteiger charge is 2.24. The normalized spacial score (nSPS) is 17.4. The van der Waals surface area contributed by atoms with Crippen molar-refractivity contribution in [2.24, 2.45) is 5.10 Å². The molecule has 0 fully saturated rings. The van der Waals surface area contributed by atoms with Gasteiger partial charge in [-0.1, -0.05) is 42.1 Å². The molecule has 0 saturated heterocycles. The van der Waals surface area contributed by atoms with Gasteiger partial charge in [-0.2, -0.15) is 5.10 Å². The highest BCUT2D eigenvalue weighted by Crippen LogP contribution is 2.39. The number of thioether (sulfide) groups is 1. The van der Waals surface area contributed by atoms with Gasteiger partial charge in [-0.05, 0) is 12.1 Å². The molecule has 102 valence electrons. The van der Waals surface area contributed by atoms with E-state index in [1.807, 2.05) is 42.5 Å². The summed E-state index contributed by atoms with van der Waals surface area (Å²) in [6.45, 7) is 0. The highest BCUT2D eigenvalue weighted by molar-refractivity contribution is 8.14. The van der Waals surface area contributed by atoms with E-state index in [0.717, 1.165) is 16.2 Å². The standard InChI is InChI=1S/C15H14N2O2S/c1-19-11-7-8-12(13(18)9-11)15-17-16-14(20-15)10-5-3-2-4-6-10/h2-9,15,17-18H,1H3/t15-/m0/s1. The zero-order valence-electron chi connectivity index (χ0n) is 10.9. The number of hydrogen-bond donors (Lipinski definition) is 2. The summed E-state index contributed by atoms with van der Waals surface area (Å²) in [6, 6.07) is 15.3. The molecule has 0 bridgehead atoms. The molecule has 1 heterocycles. The summed E-state index contributed by atoms with van der Waals surface area (Å²) in [5, 5.41) is 15.2. The number of hydrogen-bond acceptors (Lipinski definition) is 5. The summed E-state index contributed by atoms with van der Waals surface area (Å²) in [5.41, 5.74) is 4.92. The Morgan fingerprint density at radius 3 is 2.70 bits per heavy atom. The van der Waals surface area contributed by atoms with Crippen LogP contribution in [0, 0.1) is 0 Å². The van der Waals surface area contributed by atoms with Gasteiger partial charge in [-0.25, -0.2) is 0 Å². The van der Waals surface area contributed by atoms with Crippen LogP contribution in [0.15, 0.2) is 53.6 Å². The number of rotatable bonds is 3. The summed E-state index contributed by atoms with van der Waals surface area (Å²) in [4.78, 5) is 0. The molecule has 1 atom stereocenters. The molecule has 0 unspecified atom stereocenters. The van der Waals surface area contributed by atoms with Gasteiger partial charge in [-0.15, -0.1) is 0 Å². The van der Waals surface area contributed by atoms with Crippen molar-refractivity contribution in [1.29, 1.82) is 0 Å². The molecule has 1 aliphatic heterocycles. The van der Waals surface area contributed by atoms with Crippen molar-refractivity contribution in [3.63, 3.8) is 0 Å². The fourth-order valence-electron chi connectivity index (χ4n) is 2.00. The van der Waals surface area contributed by atoms with E-state index in [9.17, 15) is 5.11 Å². The average molecular weight is 286 g/mol. The van der Waals surface area contributed by atoms with Gasteiger partial charge in [0.15, 0.2) is 0 Å². The zero-order valence-corrected chi connectivity index (χ0v) is 11.7. The number of phenols is 1. The maximum Gasteiger partial charge on any atom is 0.126 e. The van der Waals surface area contributed by atoms with E-state index in [-0.39, 0.29) is 11.1 Å². The minimum atomic E-state index is -0.0869. The lowest BCUT2D eigenvalue weighted by Gasteiger charge is -2.12. The van der Waals surface area contributed by atoms with Gasteiger partial charge in [0, 0.05) is 17.2 Å². The molecule has 20 heavy (non-hydrogen) atoms. The van der Waals surface area contributed by atoms with Crippen molar-refractivity contribution in [1.82, 2.24) is 5.43 Å². The number of nitrogens with zero attached hydrogens (tertiary/aromatic N) is 1. The Morgan fingerprint density at radius 1 is 1.20 bits per heavy atom. The Bertz CT molecular complexity index is 644. The molecule has 1 aliphatic rings. The molecule has 0 spiro atoms. The number of nitrogens with one attached hydrogen (secondary N) is 1. The third kappa shape index (κ3) is 2.44. The Morgan fingerprint density at radius 2 is 2.00 bits per heavy atom. The highest BCUT2D eigenvalue weighted by atomic mass is 32.2. The zero-order chi connectivity index (χ0) is 13.9. The second kappa shape index (κ2) is 5.46. The van der Waals surface area contributed by atoms with E-state index in [4.69, 9.17) is 4.74 Å². The number of phenolic OH excluding ortho intramolecular Hbond substituents is 1. The van der Waals surface area contributed by atoms with E-state index >= 15 is 0 Å². The molecule has 5 heteroatoms. The van der Waals surface area contributed by atoms with E-state index in [1.54, 1.807) is 24.9 Å². The number of hydrazone groups is 1. The van der Waals surface area contributed by atoms with Gasteiger partial charge in [-0.3, -0.25) is 5.43 Å². The van der Waals surface area contributed by atoms with Crippen LogP contribution in [0.25, 0.3) is 0 Å². The van der Waals surface area contributed by atoms with Crippen LogP contribution in [-0.4, -0.2) is 17.3 Å². The summed E-state index contributed by atoms with van der Waals surface area (Å²) in [6.07, 6.45) is 0. The van der Waals surface area contributed by atoms with Gasteiger partial charge in [0.2, 0.25) is 0 Å². The van der Waals surface area contributed by atoms with E-state index in [0.29, 0.717) is 5.75 Å². The fourth-order valence-corrected chi connectivity index (χ4v) is 3.03. The third-order valence-corrected chi connectivity index (χ3v) is 4.20. The average Bonchev–Trinajstić information content (AvgIpc) is 2.97. The lowest BCUT2D eigenvalue weighted by atomic mass is 10.2. The largest absolute Gasteiger partial charge is 0.507 e. The van der Waals surface area contributed by atoms with Crippen LogP contribution in [0.2, 0.25) is 0 Å². The first kappa shape index (κ1) is 12.9. The Kier molecular flexibility index (Phi) is 3.52. The molecule has 2 aromatic rings. The smallest absolute Gasteiger partial charge is 0.126 e. The fraction of sp³-hybridized carbons (Fsp3) is 0.133. The molecule has 2 aromatic carbocycles. The number of ether oxygens (including phenoxy) is 1. The molecular formula is C15H14N2O2S. The topological polar surface area (TPSA) is 53.8 Å². The quantitative estimate of drug-likeness (QED) is 0.910. The molecule has 3 rings (SSSR count). The van der Waals surface area contributed by atoms with Crippen molar-refractivity contribution >= 4 is 16.8 Å². The van der Waals surface area contributed by atoms with Crippen LogP contribution in [0.3, 0.4) is 0 Å². The molecule has 0 amide bonds. The first-order valence-electron chi connectivity index (χ1n) is 6.20. The van der Waals surface area contributed by atoms with Gasteiger partial charge >= 0.3 is 0 Å². The predicted molar refractivity (Wildman–Crippen MR) is 81.1 cm³/mol. The van der Waals surface area contributed by atoms with Crippen LogP contribution >= 0.6 is 11.8 Å². The van der Waals surface area contributed by atoms with E-state index in [2.05, 4.69) is 10.5 Å². The molecule has 0 saturated carbocycles. The summed E-state index contributed by atoms with van der Waals surface area (Å²) in [7, 11) is 1.58. The molecule has 4 nitrogen and oxygen atoms in total. The van der Waals surface area contributed by atoms with Crippen LogP contribution in [-0.2, 0) is 0 Å². The Balaban J connectivity index is 1.79. The van der Waals surface area contributed by atoms with Crippen LogP contribution < -0.4 is 10.2 Å². The maximum absolute atomic E-state index is 10.1. The van der Waals surface area contributed by atoms with Crippen molar-refractivity contribution in [2.75, 3.05) is 7.11 Å². The molecule has 0 aromatic heterocycles. The summed E-state index contributed by atoms with van der Waals surface area (Å²) in [5.74, 6) is 0.845. The second-order valence-electron chi connectivity index (χ2n) is 4.33. The first-order chi connectivity index (χ1) is 9.78. The Labute approximate surface area is 121 Å². The van der Waals surface area contributed by atoms with Gasteiger partial charge in [0.1, 0.15) is 21.9 Å². The van der Waals surface area contributed by atoms with Crippen molar-refractivity contribution in [3.05, 3.63) is 59.7 Å². The first-order valence-corrected chi connectivity index (χ1v) is 7.08. The van der Waals surface area contributed by atoms with Gasteiger partial charge < -0.3 is 9.84 Å². The lowest BCUT2D eigenvalue weighted by molar-refractivity contribution is 0.406. The molecule has 0 radical (unpaired) electrons. The summed E-state index contributed by atoms with van der Waals surface area (Å²) < 4.78 is 5.09. The van der Waals surface area contributed by atoms with Crippen LogP contribution in [0.4, 0.5) is 0 Å². The predicted octanol–water partition coefficient (Wildman–Crippen LogP) is 3.10. The number of aromatic hydroxyl groups is 1. The molecule has 0 aliphatic carbocycles. The summed E-state index contributed by atoms with van der Waals surface area (Å²) >= 11 is 1.58. The van der Waals surface area contributed by atoms with Crippen molar-refractivity contribution in [2.45, 2.75) is 5.37 Å². The van der Waals surface area contributed by atoms with E-state index in [1.165, 1.54) is 0 Å². The minimum absolute atomic E-state index is 0.0869. The van der Waals surface area contributed by atoms with Crippen LogP contribution in [0.5, 0.6) is 11.5 Å². The second-order valence-corrected chi connectivity index (χ2v) is 5.43. The molecular weight excluding hydrogens is 272 g/mol. The lowest BCUT2D eigenvalue weighted by Crippen LogP contribution is -2.06. The number of benzene rings is 2.